The molecular weight excluding hydrogens is 377 g/mol. The molecule has 24 heavy (non-hydrogen) atoms. The van der Waals surface area contributed by atoms with Gasteiger partial charge in [0, 0.05) is 12.6 Å². The van der Waals surface area contributed by atoms with E-state index in [0.717, 1.165) is 13.0 Å². The van der Waals surface area contributed by atoms with Gasteiger partial charge in [0.1, 0.15) is 0 Å². The normalized spacial score (nSPS) is 17.0. The highest BCUT2D eigenvalue weighted by Gasteiger charge is 2.41. The summed E-state index contributed by atoms with van der Waals surface area (Å²) in [4.78, 5) is 15.5. The average Bonchev–Trinajstić information content (AvgIpc) is 3.01. The molecule has 1 amide bonds. The van der Waals surface area contributed by atoms with Gasteiger partial charge < -0.3 is 15.4 Å². The summed E-state index contributed by atoms with van der Waals surface area (Å²) in [6.07, 6.45) is -1.84. The number of anilines is 1. The topological polar surface area (TPSA) is 63.2 Å². The predicted molar refractivity (Wildman–Crippen MR) is 84.8 cm³/mol. The van der Waals surface area contributed by atoms with E-state index in [1.807, 2.05) is 0 Å². The van der Waals surface area contributed by atoms with Gasteiger partial charge in [-0.05, 0) is 19.0 Å². The summed E-state index contributed by atoms with van der Waals surface area (Å²) in [5.41, 5.74) is 0.380. The third-order valence-corrected chi connectivity index (χ3v) is 3.17. The summed E-state index contributed by atoms with van der Waals surface area (Å²) in [6.45, 7) is -0.0816. The van der Waals surface area contributed by atoms with Crippen molar-refractivity contribution >= 4 is 36.4 Å². The summed E-state index contributed by atoms with van der Waals surface area (Å²) in [7, 11) is 0. The minimum atomic E-state index is -4.23. The lowest BCUT2D eigenvalue weighted by atomic mass is 10.1. The molecule has 1 aromatic rings. The van der Waals surface area contributed by atoms with Crippen LogP contribution in [0.2, 0.25) is 0 Å². The lowest BCUT2D eigenvalue weighted by Crippen LogP contribution is -2.33. The highest BCUT2D eigenvalue weighted by atomic mass is 35.5. The Morgan fingerprint density at radius 2 is 2.12 bits per heavy atom. The third kappa shape index (κ3) is 6.29. The zero-order valence-electron chi connectivity index (χ0n) is 12.3. The molecule has 2 N–H and O–H groups in total. The predicted octanol–water partition coefficient (Wildman–Crippen LogP) is 2.75. The molecule has 0 bridgehead atoms. The molecule has 0 spiro atoms. The van der Waals surface area contributed by atoms with E-state index in [1.165, 1.54) is 18.3 Å². The second kappa shape index (κ2) is 9.85. The molecule has 0 saturated carbocycles. The Hall–Kier alpha value is -1.32. The molecule has 1 fully saturated rings. The largest absolute Gasteiger partial charge is 0.471 e. The molecule has 2 heterocycles. The molecule has 1 aliphatic rings. The first-order chi connectivity index (χ1) is 10.4. The van der Waals surface area contributed by atoms with E-state index in [1.54, 1.807) is 0 Å². The quantitative estimate of drug-likeness (QED) is 0.729. The zero-order valence-corrected chi connectivity index (χ0v) is 13.9. The van der Waals surface area contributed by atoms with E-state index >= 15 is 0 Å². The Morgan fingerprint density at radius 1 is 1.42 bits per heavy atom. The number of amides is 1. The molecule has 2 rings (SSSR count). The van der Waals surface area contributed by atoms with Gasteiger partial charge >= 0.3 is 12.3 Å². The molecule has 0 aromatic carbocycles. The molecule has 0 radical (unpaired) electrons. The van der Waals surface area contributed by atoms with Crippen LogP contribution in [0.1, 0.15) is 6.42 Å². The molecule has 1 atom stereocenters. The first kappa shape index (κ1) is 22.7. The number of halogens is 6. The maximum absolute atomic E-state index is 12.7. The maximum Gasteiger partial charge on any atom is 0.340 e. The van der Waals surface area contributed by atoms with Crippen molar-refractivity contribution in [2.75, 3.05) is 25.0 Å². The number of rotatable bonds is 6. The van der Waals surface area contributed by atoms with Gasteiger partial charge in [-0.1, -0.05) is 0 Å². The van der Waals surface area contributed by atoms with E-state index in [2.05, 4.69) is 20.4 Å². The second-order valence-corrected chi connectivity index (χ2v) is 4.91. The van der Waals surface area contributed by atoms with E-state index in [0.29, 0.717) is 12.2 Å². The highest BCUT2D eigenvalue weighted by Crippen LogP contribution is 2.24. The van der Waals surface area contributed by atoms with Crippen LogP contribution in [-0.2, 0) is 4.79 Å². The standard InChI is InChI=1S/C13H15F4N3O2.2ClH/c14-12(15)13(16,17)7-22-10-2-1-9(6-19-10)20-11(21)8-3-4-18-5-8;;/h1-2,6,8,12,18H,3-5,7H2,(H,20,21);2*1H. The SMILES string of the molecule is Cl.Cl.O=C(Nc1ccc(OCC(F)(F)C(F)F)nc1)C1CCNC1. The van der Waals surface area contributed by atoms with Crippen molar-refractivity contribution in [1.82, 2.24) is 10.3 Å². The summed E-state index contributed by atoms with van der Waals surface area (Å²) < 4.78 is 53.8. The molecular formula is C13H17Cl2F4N3O2. The molecule has 0 aliphatic carbocycles. The van der Waals surface area contributed by atoms with Crippen molar-refractivity contribution in [1.29, 1.82) is 0 Å². The smallest absolute Gasteiger partial charge is 0.340 e. The number of carbonyl (C=O) groups is 1. The fourth-order valence-corrected chi connectivity index (χ4v) is 1.90. The number of alkyl halides is 4. The van der Waals surface area contributed by atoms with Crippen LogP contribution >= 0.6 is 24.8 Å². The summed E-state index contributed by atoms with van der Waals surface area (Å²) in [5.74, 6) is -4.74. The van der Waals surface area contributed by atoms with Crippen LogP contribution in [-0.4, -0.2) is 42.9 Å². The minimum Gasteiger partial charge on any atom is -0.471 e. The minimum absolute atomic E-state index is 0. The lowest BCUT2D eigenvalue weighted by Gasteiger charge is -2.15. The Morgan fingerprint density at radius 3 is 2.62 bits per heavy atom. The molecule has 1 unspecified atom stereocenters. The van der Waals surface area contributed by atoms with Crippen molar-refractivity contribution in [2.45, 2.75) is 18.8 Å². The van der Waals surface area contributed by atoms with Gasteiger partial charge in [0.15, 0.2) is 6.61 Å². The molecule has 1 aliphatic heterocycles. The van der Waals surface area contributed by atoms with Crippen LogP contribution in [0.15, 0.2) is 18.3 Å². The van der Waals surface area contributed by atoms with Gasteiger partial charge in [-0.3, -0.25) is 4.79 Å². The molecule has 138 valence electrons. The number of hydrogen-bond donors (Lipinski definition) is 2. The van der Waals surface area contributed by atoms with Crippen molar-refractivity contribution in [3.63, 3.8) is 0 Å². The van der Waals surface area contributed by atoms with E-state index in [4.69, 9.17) is 0 Å². The van der Waals surface area contributed by atoms with E-state index in [-0.39, 0.29) is 42.5 Å². The Kier molecular flexibility index (Phi) is 9.31. The van der Waals surface area contributed by atoms with Gasteiger partial charge in [-0.15, -0.1) is 24.8 Å². The number of pyridine rings is 1. The highest BCUT2D eigenvalue weighted by molar-refractivity contribution is 5.92. The summed E-state index contributed by atoms with van der Waals surface area (Å²) >= 11 is 0. The van der Waals surface area contributed by atoms with Gasteiger partial charge in [0.25, 0.3) is 0 Å². The number of nitrogens with one attached hydrogen (secondary N) is 2. The van der Waals surface area contributed by atoms with E-state index in [9.17, 15) is 22.4 Å². The van der Waals surface area contributed by atoms with Gasteiger partial charge in [-0.2, -0.15) is 8.78 Å². The molecule has 1 aromatic heterocycles. The van der Waals surface area contributed by atoms with Crippen LogP contribution < -0.4 is 15.4 Å². The second-order valence-electron chi connectivity index (χ2n) is 4.91. The van der Waals surface area contributed by atoms with Crippen molar-refractivity contribution in [2.24, 2.45) is 5.92 Å². The van der Waals surface area contributed by atoms with Gasteiger partial charge in [0.2, 0.25) is 11.8 Å². The summed E-state index contributed by atoms with van der Waals surface area (Å²) in [6, 6.07) is 2.63. The number of carbonyl (C=O) groups excluding carboxylic acids is 1. The van der Waals surface area contributed by atoms with Crippen LogP contribution in [0, 0.1) is 5.92 Å². The lowest BCUT2D eigenvalue weighted by molar-refractivity contribution is -0.148. The third-order valence-electron chi connectivity index (χ3n) is 3.17. The van der Waals surface area contributed by atoms with Crippen molar-refractivity contribution in [3.05, 3.63) is 18.3 Å². The zero-order chi connectivity index (χ0) is 16.2. The van der Waals surface area contributed by atoms with Crippen LogP contribution in [0.4, 0.5) is 23.2 Å². The first-order valence-corrected chi connectivity index (χ1v) is 6.65. The monoisotopic (exact) mass is 393 g/mol. The molecule has 1 saturated heterocycles. The fraction of sp³-hybridized carbons (Fsp3) is 0.538. The Labute approximate surface area is 148 Å². The molecule has 11 heteroatoms. The van der Waals surface area contributed by atoms with E-state index < -0.39 is 19.0 Å². The van der Waals surface area contributed by atoms with Crippen LogP contribution in [0.3, 0.4) is 0 Å². The Balaban J connectivity index is 0.00000264. The fourth-order valence-electron chi connectivity index (χ4n) is 1.90. The average molecular weight is 394 g/mol. The number of aromatic nitrogens is 1. The maximum atomic E-state index is 12.7. The Bertz CT molecular complexity index is 514. The van der Waals surface area contributed by atoms with Crippen molar-refractivity contribution in [3.8, 4) is 5.88 Å². The number of hydrogen-bond acceptors (Lipinski definition) is 4. The van der Waals surface area contributed by atoms with Gasteiger partial charge in [-0.25, -0.2) is 13.8 Å². The first-order valence-electron chi connectivity index (χ1n) is 6.65. The summed E-state index contributed by atoms with van der Waals surface area (Å²) in [5, 5.41) is 5.70. The number of nitrogens with zero attached hydrogens (tertiary/aromatic N) is 1. The van der Waals surface area contributed by atoms with Crippen LogP contribution in [0.25, 0.3) is 0 Å². The number of ether oxygens (including phenoxy) is 1. The van der Waals surface area contributed by atoms with Crippen LogP contribution in [0.5, 0.6) is 5.88 Å². The van der Waals surface area contributed by atoms with Gasteiger partial charge in [0.05, 0.1) is 17.8 Å². The molecule has 5 nitrogen and oxygen atoms in total. The van der Waals surface area contributed by atoms with Crippen molar-refractivity contribution < 1.29 is 27.1 Å².